The normalized spacial score (nSPS) is 21.0. The number of likely N-dealkylation sites (tertiary alicyclic amines) is 1. The van der Waals surface area contributed by atoms with Crippen molar-refractivity contribution in [1.29, 1.82) is 0 Å². The topological polar surface area (TPSA) is 62.7 Å². The zero-order valence-corrected chi connectivity index (χ0v) is 14.7. The highest BCUT2D eigenvalue weighted by Gasteiger charge is 2.29. The summed E-state index contributed by atoms with van der Waals surface area (Å²) in [4.78, 5) is 17.6. The predicted octanol–water partition coefficient (Wildman–Crippen LogP) is 3.87. The number of carboxylic acids is 1. The van der Waals surface area contributed by atoms with Gasteiger partial charge in [-0.15, -0.1) is 0 Å². The van der Waals surface area contributed by atoms with Crippen LogP contribution in [0, 0.1) is 12.8 Å². The molecule has 1 N–H and O–H groups in total. The maximum atomic E-state index is 11.3. The fraction of sp³-hybridized carbons (Fsp3) is 0.400. The number of benzene rings is 1. The molecule has 2 unspecified atom stereocenters. The molecule has 0 radical (unpaired) electrons. The highest BCUT2D eigenvalue weighted by atomic mass is 16.5. The molecule has 0 aliphatic carbocycles. The Hall–Kier alpha value is -2.40. The van der Waals surface area contributed by atoms with Crippen LogP contribution in [0.15, 0.2) is 42.7 Å². The number of ether oxygens (including phenoxy) is 1. The molecule has 1 saturated heterocycles. The molecule has 25 heavy (non-hydrogen) atoms. The summed E-state index contributed by atoms with van der Waals surface area (Å²) in [6, 6.07) is 10.3. The van der Waals surface area contributed by atoms with Crippen molar-refractivity contribution >= 4 is 5.97 Å². The highest BCUT2D eigenvalue weighted by molar-refractivity contribution is 5.70. The Labute approximate surface area is 148 Å². The van der Waals surface area contributed by atoms with Gasteiger partial charge >= 0.3 is 5.97 Å². The Balaban J connectivity index is 1.69. The van der Waals surface area contributed by atoms with Crippen LogP contribution in [0.25, 0.3) is 0 Å². The Morgan fingerprint density at radius 2 is 2.20 bits per heavy atom. The van der Waals surface area contributed by atoms with E-state index in [0.29, 0.717) is 18.3 Å². The van der Waals surface area contributed by atoms with Gasteiger partial charge in [-0.3, -0.25) is 14.7 Å². The van der Waals surface area contributed by atoms with Gasteiger partial charge in [0.2, 0.25) is 0 Å². The fourth-order valence-electron chi connectivity index (χ4n) is 3.29. The van der Waals surface area contributed by atoms with Gasteiger partial charge in [0.1, 0.15) is 11.5 Å². The maximum absolute atomic E-state index is 11.3. The van der Waals surface area contributed by atoms with Gasteiger partial charge in [-0.1, -0.05) is 12.1 Å². The lowest BCUT2D eigenvalue weighted by atomic mass is 9.93. The van der Waals surface area contributed by atoms with E-state index >= 15 is 0 Å². The summed E-state index contributed by atoms with van der Waals surface area (Å²) in [5.74, 6) is 0.581. The molecule has 2 heterocycles. The molecule has 0 spiro atoms. The van der Waals surface area contributed by atoms with E-state index < -0.39 is 5.97 Å². The van der Waals surface area contributed by atoms with Gasteiger partial charge in [-0.2, -0.15) is 0 Å². The second-order valence-corrected chi connectivity index (χ2v) is 6.78. The molecule has 5 heteroatoms. The number of piperidine rings is 1. The minimum absolute atomic E-state index is 0.259. The first kappa shape index (κ1) is 17.4. The third-order valence-corrected chi connectivity index (χ3v) is 4.85. The number of nitrogens with zero attached hydrogens (tertiary/aromatic N) is 2. The van der Waals surface area contributed by atoms with Crippen molar-refractivity contribution in [2.75, 3.05) is 6.54 Å². The van der Waals surface area contributed by atoms with Gasteiger partial charge in [0, 0.05) is 25.3 Å². The van der Waals surface area contributed by atoms with Crippen LogP contribution in [0.4, 0.5) is 0 Å². The van der Waals surface area contributed by atoms with Crippen LogP contribution >= 0.6 is 0 Å². The van der Waals surface area contributed by atoms with Crippen molar-refractivity contribution in [1.82, 2.24) is 9.88 Å². The van der Waals surface area contributed by atoms with E-state index in [0.717, 1.165) is 30.7 Å². The van der Waals surface area contributed by atoms with Crippen molar-refractivity contribution in [3.63, 3.8) is 0 Å². The number of aryl methyl sites for hydroxylation is 1. The van der Waals surface area contributed by atoms with Crippen LogP contribution < -0.4 is 4.74 Å². The fourth-order valence-corrected chi connectivity index (χ4v) is 3.29. The molecule has 3 rings (SSSR count). The quantitative estimate of drug-likeness (QED) is 0.895. The number of hydrogen-bond acceptors (Lipinski definition) is 4. The van der Waals surface area contributed by atoms with E-state index in [1.807, 2.05) is 25.1 Å². The van der Waals surface area contributed by atoms with Crippen LogP contribution in [-0.2, 0) is 11.3 Å². The highest BCUT2D eigenvalue weighted by Crippen LogP contribution is 2.28. The van der Waals surface area contributed by atoms with Crippen LogP contribution in [-0.4, -0.2) is 33.5 Å². The second-order valence-electron chi connectivity index (χ2n) is 6.78. The van der Waals surface area contributed by atoms with Crippen LogP contribution in [0.5, 0.6) is 11.5 Å². The Bertz CT molecular complexity index is 733. The third-order valence-electron chi connectivity index (χ3n) is 4.85. The van der Waals surface area contributed by atoms with Crippen LogP contribution in [0.1, 0.15) is 30.9 Å². The van der Waals surface area contributed by atoms with E-state index in [-0.39, 0.29) is 5.92 Å². The molecule has 1 aliphatic rings. The molecule has 5 nitrogen and oxygen atoms in total. The summed E-state index contributed by atoms with van der Waals surface area (Å²) in [5, 5.41) is 9.28. The molecule has 1 aromatic carbocycles. The predicted molar refractivity (Wildman–Crippen MR) is 95.7 cm³/mol. The standard InChI is InChI=1S/C20H24N2O3/c1-14-10-16(6-8-19(14)25-18-4-3-9-21-11-18)12-22-13-17(20(23)24)7-5-15(22)2/h3-4,6,8-11,15,17H,5,7,12-13H2,1-2H3,(H,23,24). The van der Waals surface area contributed by atoms with E-state index in [4.69, 9.17) is 4.74 Å². The number of rotatable bonds is 5. The minimum Gasteiger partial charge on any atom is -0.481 e. The van der Waals surface area contributed by atoms with Gasteiger partial charge in [-0.25, -0.2) is 0 Å². The summed E-state index contributed by atoms with van der Waals surface area (Å²) in [6.45, 7) is 5.57. The summed E-state index contributed by atoms with van der Waals surface area (Å²) in [5.41, 5.74) is 2.23. The third kappa shape index (κ3) is 4.37. The van der Waals surface area contributed by atoms with Crippen molar-refractivity contribution in [3.8, 4) is 11.5 Å². The molecule has 0 saturated carbocycles. The molecule has 0 bridgehead atoms. The largest absolute Gasteiger partial charge is 0.481 e. The summed E-state index contributed by atoms with van der Waals surface area (Å²) in [7, 11) is 0. The Morgan fingerprint density at radius 1 is 1.36 bits per heavy atom. The molecule has 0 amide bonds. The van der Waals surface area contributed by atoms with Crippen molar-refractivity contribution in [3.05, 3.63) is 53.9 Å². The smallest absolute Gasteiger partial charge is 0.307 e. The van der Waals surface area contributed by atoms with Gasteiger partial charge < -0.3 is 9.84 Å². The van der Waals surface area contributed by atoms with E-state index in [9.17, 15) is 9.90 Å². The zero-order valence-electron chi connectivity index (χ0n) is 14.7. The van der Waals surface area contributed by atoms with Gasteiger partial charge in [0.25, 0.3) is 0 Å². The molecule has 2 aromatic rings. The first-order valence-corrected chi connectivity index (χ1v) is 8.67. The number of carbonyl (C=O) groups is 1. The first-order chi connectivity index (χ1) is 12.0. The van der Waals surface area contributed by atoms with Gasteiger partial charge in [0.05, 0.1) is 12.1 Å². The van der Waals surface area contributed by atoms with E-state index in [2.05, 4.69) is 28.9 Å². The lowest BCUT2D eigenvalue weighted by Gasteiger charge is -2.36. The molecule has 1 aliphatic heterocycles. The lowest BCUT2D eigenvalue weighted by Crippen LogP contribution is -2.43. The second kappa shape index (κ2) is 7.66. The summed E-state index contributed by atoms with van der Waals surface area (Å²) < 4.78 is 5.87. The SMILES string of the molecule is Cc1cc(CN2CC(C(=O)O)CCC2C)ccc1Oc1cccnc1. The number of hydrogen-bond donors (Lipinski definition) is 1. The van der Waals surface area contributed by atoms with Crippen LogP contribution in [0.3, 0.4) is 0 Å². The number of carboxylic acid groups (broad SMARTS) is 1. The van der Waals surface area contributed by atoms with Crippen molar-refractivity contribution in [2.24, 2.45) is 5.92 Å². The van der Waals surface area contributed by atoms with Crippen molar-refractivity contribution in [2.45, 2.75) is 39.3 Å². The van der Waals surface area contributed by atoms with Crippen LogP contribution in [0.2, 0.25) is 0 Å². The Morgan fingerprint density at radius 3 is 2.88 bits per heavy atom. The minimum atomic E-state index is -0.687. The lowest BCUT2D eigenvalue weighted by molar-refractivity contribution is -0.144. The van der Waals surface area contributed by atoms with Gasteiger partial charge in [-0.05, 0) is 56.0 Å². The monoisotopic (exact) mass is 340 g/mol. The maximum Gasteiger partial charge on any atom is 0.307 e. The number of aliphatic carboxylic acids is 1. The van der Waals surface area contributed by atoms with Crippen molar-refractivity contribution < 1.29 is 14.6 Å². The summed E-state index contributed by atoms with van der Waals surface area (Å²) in [6.07, 6.45) is 5.10. The Kier molecular flexibility index (Phi) is 5.34. The van der Waals surface area contributed by atoms with Gasteiger partial charge in [0.15, 0.2) is 0 Å². The molecule has 1 fully saturated rings. The average molecular weight is 340 g/mol. The number of aromatic nitrogens is 1. The summed E-state index contributed by atoms with van der Waals surface area (Å²) >= 11 is 0. The molecule has 2 atom stereocenters. The first-order valence-electron chi connectivity index (χ1n) is 8.67. The number of pyridine rings is 1. The van der Waals surface area contributed by atoms with E-state index in [1.54, 1.807) is 12.4 Å². The average Bonchev–Trinajstić information content (AvgIpc) is 2.60. The molecular weight excluding hydrogens is 316 g/mol. The molecular formula is C20H24N2O3. The van der Waals surface area contributed by atoms with E-state index in [1.165, 1.54) is 5.56 Å². The molecule has 1 aromatic heterocycles. The zero-order chi connectivity index (χ0) is 17.8. The molecule has 132 valence electrons.